The van der Waals surface area contributed by atoms with Crippen molar-refractivity contribution < 1.29 is 4.79 Å². The third-order valence-electron chi connectivity index (χ3n) is 4.06. The first kappa shape index (κ1) is 12.2. The molecule has 1 aliphatic heterocycles. The van der Waals surface area contributed by atoms with Gasteiger partial charge in [-0.2, -0.15) is 0 Å². The minimum absolute atomic E-state index is 0.0709. The summed E-state index contributed by atoms with van der Waals surface area (Å²) >= 11 is 3.57. The van der Waals surface area contributed by atoms with E-state index in [9.17, 15) is 4.79 Å². The van der Waals surface area contributed by atoms with Crippen molar-refractivity contribution in [3.63, 3.8) is 0 Å². The zero-order chi connectivity index (χ0) is 12.7. The molecule has 1 aliphatic carbocycles. The lowest BCUT2D eigenvalue weighted by molar-refractivity contribution is -0.115. The first-order valence-electron chi connectivity index (χ1n) is 6.51. The summed E-state index contributed by atoms with van der Waals surface area (Å²) in [5, 5.41) is 2.86. The molecule has 3 nitrogen and oxygen atoms in total. The van der Waals surface area contributed by atoms with Gasteiger partial charge in [-0.3, -0.25) is 4.79 Å². The Balaban J connectivity index is 1.83. The molecule has 0 spiro atoms. The first-order chi connectivity index (χ1) is 8.63. The van der Waals surface area contributed by atoms with Gasteiger partial charge in [0.1, 0.15) is 0 Å². The molecular formula is C14H17BrN2O. The topological polar surface area (TPSA) is 55.1 Å². The molecule has 0 aromatic heterocycles. The van der Waals surface area contributed by atoms with Crippen LogP contribution in [0.15, 0.2) is 16.6 Å². The molecule has 1 heterocycles. The van der Waals surface area contributed by atoms with E-state index in [4.69, 9.17) is 5.73 Å². The predicted octanol–water partition coefficient (Wildman–Crippen LogP) is 3.13. The Hall–Kier alpha value is -0.870. The second-order valence-electron chi connectivity index (χ2n) is 5.39. The molecule has 0 bridgehead atoms. The zero-order valence-electron chi connectivity index (χ0n) is 10.2. The SMILES string of the molecule is NC(CC1CCC1)c1cc2c(cc1Br)NC(=O)C2. The van der Waals surface area contributed by atoms with Crippen molar-refractivity contribution in [3.8, 4) is 0 Å². The highest BCUT2D eigenvalue weighted by atomic mass is 79.9. The van der Waals surface area contributed by atoms with Gasteiger partial charge in [-0.05, 0) is 29.5 Å². The minimum atomic E-state index is 0.0709. The molecule has 2 aliphatic rings. The lowest BCUT2D eigenvalue weighted by atomic mass is 9.79. The summed E-state index contributed by atoms with van der Waals surface area (Å²) in [5.74, 6) is 0.863. The van der Waals surface area contributed by atoms with Gasteiger partial charge in [0.2, 0.25) is 5.91 Å². The number of benzene rings is 1. The molecule has 1 saturated carbocycles. The lowest BCUT2D eigenvalue weighted by Gasteiger charge is -2.28. The van der Waals surface area contributed by atoms with E-state index in [-0.39, 0.29) is 11.9 Å². The zero-order valence-corrected chi connectivity index (χ0v) is 11.8. The van der Waals surface area contributed by atoms with E-state index in [1.165, 1.54) is 19.3 Å². The smallest absolute Gasteiger partial charge is 0.228 e. The molecule has 1 atom stereocenters. The van der Waals surface area contributed by atoms with Crippen LogP contribution in [-0.4, -0.2) is 5.91 Å². The highest BCUT2D eigenvalue weighted by molar-refractivity contribution is 9.10. The number of fused-ring (bicyclic) bond motifs is 1. The van der Waals surface area contributed by atoms with Crippen LogP contribution in [0.5, 0.6) is 0 Å². The van der Waals surface area contributed by atoms with Crippen molar-refractivity contribution in [2.24, 2.45) is 11.7 Å². The van der Waals surface area contributed by atoms with E-state index in [0.717, 1.165) is 33.6 Å². The molecule has 0 saturated heterocycles. The average molecular weight is 309 g/mol. The summed E-state index contributed by atoms with van der Waals surface area (Å²) in [4.78, 5) is 11.4. The third kappa shape index (κ3) is 2.19. The summed E-state index contributed by atoms with van der Waals surface area (Å²) in [6.45, 7) is 0. The summed E-state index contributed by atoms with van der Waals surface area (Å²) in [7, 11) is 0. The van der Waals surface area contributed by atoms with E-state index < -0.39 is 0 Å². The van der Waals surface area contributed by atoms with E-state index in [1.807, 2.05) is 6.07 Å². The maximum absolute atomic E-state index is 11.4. The quantitative estimate of drug-likeness (QED) is 0.901. The van der Waals surface area contributed by atoms with Crippen LogP contribution in [-0.2, 0) is 11.2 Å². The van der Waals surface area contributed by atoms with Crippen LogP contribution in [0.3, 0.4) is 0 Å². The van der Waals surface area contributed by atoms with E-state index in [0.29, 0.717) is 6.42 Å². The van der Waals surface area contributed by atoms with Gasteiger partial charge >= 0.3 is 0 Å². The van der Waals surface area contributed by atoms with Crippen molar-refractivity contribution in [2.75, 3.05) is 5.32 Å². The molecule has 1 aromatic carbocycles. The Bertz CT molecular complexity index is 497. The molecule has 3 N–H and O–H groups in total. The van der Waals surface area contributed by atoms with Gasteiger partial charge < -0.3 is 11.1 Å². The number of halogens is 1. The number of rotatable bonds is 3. The van der Waals surface area contributed by atoms with Crippen LogP contribution in [0.2, 0.25) is 0 Å². The van der Waals surface area contributed by atoms with E-state index in [2.05, 4.69) is 27.3 Å². The highest BCUT2D eigenvalue weighted by Crippen LogP contribution is 2.38. The number of carbonyl (C=O) groups is 1. The summed E-state index contributed by atoms with van der Waals surface area (Å²) in [6.07, 6.45) is 5.51. The Morgan fingerprint density at radius 1 is 1.44 bits per heavy atom. The molecule has 4 heteroatoms. The van der Waals surface area contributed by atoms with Crippen molar-refractivity contribution in [2.45, 2.75) is 38.1 Å². The molecule has 1 amide bonds. The van der Waals surface area contributed by atoms with Crippen LogP contribution >= 0.6 is 15.9 Å². The fourth-order valence-electron chi connectivity index (χ4n) is 2.77. The highest BCUT2D eigenvalue weighted by Gasteiger charge is 2.25. The summed E-state index contributed by atoms with van der Waals surface area (Å²) in [5.41, 5.74) is 9.43. The summed E-state index contributed by atoms with van der Waals surface area (Å²) < 4.78 is 1.01. The van der Waals surface area contributed by atoms with Gasteiger partial charge in [-0.25, -0.2) is 0 Å². The number of carbonyl (C=O) groups excluding carboxylic acids is 1. The van der Waals surface area contributed by atoms with Gasteiger partial charge in [-0.15, -0.1) is 0 Å². The van der Waals surface area contributed by atoms with Gasteiger partial charge in [-0.1, -0.05) is 41.3 Å². The number of nitrogens with one attached hydrogen (secondary N) is 1. The van der Waals surface area contributed by atoms with Gasteiger partial charge in [0, 0.05) is 16.2 Å². The Morgan fingerprint density at radius 2 is 2.22 bits per heavy atom. The Morgan fingerprint density at radius 3 is 2.89 bits per heavy atom. The molecule has 1 unspecified atom stereocenters. The molecular weight excluding hydrogens is 292 g/mol. The maximum Gasteiger partial charge on any atom is 0.228 e. The van der Waals surface area contributed by atoms with E-state index in [1.54, 1.807) is 0 Å². The van der Waals surface area contributed by atoms with Crippen LogP contribution < -0.4 is 11.1 Å². The number of hydrogen-bond acceptors (Lipinski definition) is 2. The number of amides is 1. The van der Waals surface area contributed by atoms with Crippen molar-refractivity contribution >= 4 is 27.5 Å². The fraction of sp³-hybridized carbons (Fsp3) is 0.500. The molecule has 18 heavy (non-hydrogen) atoms. The van der Waals surface area contributed by atoms with Crippen LogP contribution in [0, 0.1) is 5.92 Å². The second kappa shape index (κ2) is 4.67. The van der Waals surface area contributed by atoms with Gasteiger partial charge in [0.05, 0.1) is 6.42 Å². The standard InChI is InChI=1S/C14H17BrN2O/c15-11-7-13-9(6-14(18)17-13)5-10(11)12(16)4-8-2-1-3-8/h5,7-8,12H,1-4,6,16H2,(H,17,18). The van der Waals surface area contributed by atoms with Crippen LogP contribution in [0.25, 0.3) is 0 Å². The number of nitrogens with two attached hydrogens (primary N) is 1. The predicted molar refractivity (Wildman–Crippen MR) is 75.4 cm³/mol. The normalized spacial score (nSPS) is 20.2. The Labute approximate surface area is 115 Å². The molecule has 1 aromatic rings. The van der Waals surface area contributed by atoms with Gasteiger partial charge in [0.25, 0.3) is 0 Å². The maximum atomic E-state index is 11.4. The Kier molecular flexibility index (Phi) is 3.16. The van der Waals surface area contributed by atoms with Crippen molar-refractivity contribution in [1.82, 2.24) is 0 Å². The van der Waals surface area contributed by atoms with Crippen LogP contribution in [0.4, 0.5) is 5.69 Å². The molecule has 1 fully saturated rings. The molecule has 96 valence electrons. The second-order valence-corrected chi connectivity index (χ2v) is 6.25. The summed E-state index contributed by atoms with van der Waals surface area (Å²) in [6, 6.07) is 4.14. The largest absolute Gasteiger partial charge is 0.325 e. The number of hydrogen-bond donors (Lipinski definition) is 2. The first-order valence-corrected chi connectivity index (χ1v) is 7.30. The lowest BCUT2D eigenvalue weighted by Crippen LogP contribution is -2.20. The molecule has 0 radical (unpaired) electrons. The average Bonchev–Trinajstić information content (AvgIpc) is 2.61. The molecule has 3 rings (SSSR count). The van der Waals surface area contributed by atoms with Gasteiger partial charge in [0.15, 0.2) is 0 Å². The number of anilines is 1. The van der Waals surface area contributed by atoms with E-state index >= 15 is 0 Å². The van der Waals surface area contributed by atoms with Crippen molar-refractivity contribution in [1.29, 1.82) is 0 Å². The van der Waals surface area contributed by atoms with Crippen molar-refractivity contribution in [3.05, 3.63) is 27.7 Å². The van der Waals surface area contributed by atoms with Crippen LogP contribution in [0.1, 0.15) is 42.9 Å². The fourth-order valence-corrected chi connectivity index (χ4v) is 3.40. The minimum Gasteiger partial charge on any atom is -0.325 e. The monoisotopic (exact) mass is 308 g/mol. The third-order valence-corrected chi connectivity index (χ3v) is 4.75.